The summed E-state index contributed by atoms with van der Waals surface area (Å²) in [7, 11) is 0. The summed E-state index contributed by atoms with van der Waals surface area (Å²) < 4.78 is 2.30. The number of aromatic nitrogens is 2. The van der Waals surface area contributed by atoms with Crippen LogP contribution in [0.4, 0.5) is 0 Å². The topological polar surface area (TPSA) is 17.8 Å². The van der Waals surface area contributed by atoms with Gasteiger partial charge in [-0.05, 0) is 103 Å². The fourth-order valence-electron chi connectivity index (χ4n) is 7.29. The number of nitrogens with zero attached hydrogens (tertiary/aromatic N) is 2. The number of imidazole rings is 1. The van der Waals surface area contributed by atoms with E-state index >= 15 is 0 Å². The van der Waals surface area contributed by atoms with Gasteiger partial charge in [0, 0.05) is 11.3 Å². The molecule has 0 saturated heterocycles. The van der Waals surface area contributed by atoms with Crippen molar-refractivity contribution in [3.63, 3.8) is 0 Å². The summed E-state index contributed by atoms with van der Waals surface area (Å²) in [5.74, 6) is 0.947. The molecule has 9 rings (SSSR count). The van der Waals surface area contributed by atoms with Gasteiger partial charge in [-0.1, -0.05) is 134 Å². The molecule has 1 aromatic heterocycles. The van der Waals surface area contributed by atoms with Gasteiger partial charge in [0.05, 0.1) is 11.0 Å². The molecular weight excluding hydrogens is 569 g/mol. The Morgan fingerprint density at radius 3 is 1.74 bits per heavy atom. The van der Waals surface area contributed by atoms with Crippen LogP contribution in [0.1, 0.15) is 12.5 Å². The zero-order valence-corrected chi connectivity index (χ0v) is 26.2. The van der Waals surface area contributed by atoms with E-state index in [2.05, 4.69) is 175 Å². The Bertz CT molecular complexity index is 2550. The Hall–Kier alpha value is -5.99. The van der Waals surface area contributed by atoms with Crippen molar-refractivity contribution in [2.45, 2.75) is 13.3 Å². The molecule has 0 atom stereocenters. The smallest absolute Gasteiger partial charge is 0.145 e. The van der Waals surface area contributed by atoms with Gasteiger partial charge in [0.2, 0.25) is 0 Å². The number of benzene rings is 8. The number of hydrogen-bond donors (Lipinski definition) is 0. The number of fused-ring (bicyclic) bond motifs is 4. The number of para-hydroxylation sites is 1. The first kappa shape index (κ1) is 27.3. The van der Waals surface area contributed by atoms with Crippen LogP contribution in [0, 0.1) is 0 Å². The van der Waals surface area contributed by atoms with Gasteiger partial charge in [-0.25, -0.2) is 4.98 Å². The Labute approximate surface area is 274 Å². The van der Waals surface area contributed by atoms with E-state index in [1.165, 1.54) is 60.1 Å². The van der Waals surface area contributed by atoms with Crippen LogP contribution >= 0.6 is 0 Å². The third kappa shape index (κ3) is 4.53. The molecule has 0 saturated carbocycles. The fourth-order valence-corrected chi connectivity index (χ4v) is 7.29. The number of aryl methyl sites for hydroxylation is 1. The van der Waals surface area contributed by atoms with Crippen LogP contribution in [0.25, 0.3) is 82.7 Å². The van der Waals surface area contributed by atoms with E-state index in [0.29, 0.717) is 0 Å². The summed E-state index contributed by atoms with van der Waals surface area (Å²) in [6.07, 6.45) is 0.980. The predicted molar refractivity (Wildman–Crippen MR) is 199 cm³/mol. The van der Waals surface area contributed by atoms with Gasteiger partial charge < -0.3 is 0 Å². The maximum Gasteiger partial charge on any atom is 0.145 e. The molecule has 0 aliphatic rings. The average Bonchev–Trinajstić information content (AvgIpc) is 3.53. The highest BCUT2D eigenvalue weighted by Gasteiger charge is 2.19. The fraction of sp³-hybridized carbons (Fsp3) is 0.0444. The molecule has 0 aliphatic carbocycles. The molecule has 0 spiro atoms. The summed E-state index contributed by atoms with van der Waals surface area (Å²) in [4.78, 5) is 5.27. The second-order valence-electron chi connectivity index (χ2n) is 12.3. The lowest BCUT2D eigenvalue weighted by atomic mass is 9.85. The van der Waals surface area contributed by atoms with Crippen molar-refractivity contribution >= 4 is 43.4 Å². The van der Waals surface area contributed by atoms with E-state index in [1.54, 1.807) is 0 Å². The molecule has 1 heterocycles. The lowest BCUT2D eigenvalue weighted by Gasteiger charge is -2.18. The Morgan fingerprint density at radius 2 is 1.06 bits per heavy atom. The number of hydrogen-bond acceptors (Lipinski definition) is 1. The third-order valence-electron chi connectivity index (χ3n) is 9.52. The molecule has 0 amide bonds. The first-order valence-corrected chi connectivity index (χ1v) is 16.4. The highest BCUT2D eigenvalue weighted by molar-refractivity contribution is 6.21. The second kappa shape index (κ2) is 11.1. The molecule has 0 N–H and O–H groups in total. The second-order valence-corrected chi connectivity index (χ2v) is 12.3. The maximum absolute atomic E-state index is 5.27. The number of rotatable bonds is 5. The Kier molecular flexibility index (Phi) is 6.46. The van der Waals surface area contributed by atoms with Crippen molar-refractivity contribution in [2.75, 3.05) is 0 Å². The van der Waals surface area contributed by atoms with E-state index in [-0.39, 0.29) is 0 Å². The zero-order chi connectivity index (χ0) is 31.3. The minimum atomic E-state index is 0.947. The molecule has 2 nitrogen and oxygen atoms in total. The molecule has 0 fully saturated rings. The van der Waals surface area contributed by atoms with Crippen LogP contribution < -0.4 is 0 Å². The maximum atomic E-state index is 5.27. The summed E-state index contributed by atoms with van der Waals surface area (Å²) in [6, 6.07) is 59.4. The molecular formula is C45H32N2. The molecule has 0 aliphatic heterocycles. The molecule has 47 heavy (non-hydrogen) atoms. The monoisotopic (exact) mass is 600 g/mol. The first-order chi connectivity index (χ1) is 23.3. The molecule has 0 unspecified atom stereocenters. The summed E-state index contributed by atoms with van der Waals surface area (Å²) >= 11 is 0. The lowest BCUT2D eigenvalue weighted by molar-refractivity contribution is 1.10. The zero-order valence-electron chi connectivity index (χ0n) is 26.2. The summed E-state index contributed by atoms with van der Waals surface area (Å²) in [5.41, 5.74) is 10.6. The Morgan fingerprint density at radius 1 is 0.468 bits per heavy atom. The van der Waals surface area contributed by atoms with E-state index < -0.39 is 0 Å². The van der Waals surface area contributed by atoms with Crippen LogP contribution in [-0.2, 0) is 6.42 Å². The van der Waals surface area contributed by atoms with Crippen LogP contribution in [-0.4, -0.2) is 9.55 Å². The average molecular weight is 601 g/mol. The molecule has 222 valence electrons. The minimum Gasteiger partial charge on any atom is -0.292 e. The van der Waals surface area contributed by atoms with Gasteiger partial charge in [0.25, 0.3) is 0 Å². The first-order valence-electron chi connectivity index (χ1n) is 16.4. The van der Waals surface area contributed by atoms with E-state index in [4.69, 9.17) is 4.98 Å². The van der Waals surface area contributed by atoms with Gasteiger partial charge in [-0.2, -0.15) is 0 Å². The standard InChI is InChI=1S/C45H32N2/c1-2-30-23-26-42-41(27-30)46-45(47(42)36-17-4-3-5-18-36)35-16-12-15-33(29-35)43-37-19-8-10-21-39(37)44(40-22-11-9-20-38(40)43)34-25-24-31-13-6-7-14-32(31)28-34/h3-29H,2H2,1H3. The normalized spacial score (nSPS) is 11.6. The highest BCUT2D eigenvalue weighted by Crippen LogP contribution is 2.44. The van der Waals surface area contributed by atoms with E-state index in [0.717, 1.165) is 34.5 Å². The summed E-state index contributed by atoms with van der Waals surface area (Å²) in [5, 5.41) is 7.51. The van der Waals surface area contributed by atoms with Crippen LogP contribution in [0.15, 0.2) is 164 Å². The van der Waals surface area contributed by atoms with Crippen molar-refractivity contribution in [1.82, 2.24) is 9.55 Å². The van der Waals surface area contributed by atoms with Crippen molar-refractivity contribution < 1.29 is 0 Å². The largest absolute Gasteiger partial charge is 0.292 e. The van der Waals surface area contributed by atoms with Crippen molar-refractivity contribution in [3.8, 4) is 39.3 Å². The van der Waals surface area contributed by atoms with Crippen LogP contribution in [0.3, 0.4) is 0 Å². The lowest BCUT2D eigenvalue weighted by Crippen LogP contribution is -1.97. The van der Waals surface area contributed by atoms with Gasteiger partial charge in [0.15, 0.2) is 0 Å². The highest BCUT2D eigenvalue weighted by atomic mass is 15.1. The predicted octanol–water partition coefficient (Wildman–Crippen LogP) is 12.0. The Balaban J connectivity index is 1.30. The quantitative estimate of drug-likeness (QED) is 0.180. The molecule has 9 aromatic rings. The van der Waals surface area contributed by atoms with Gasteiger partial charge in [0.1, 0.15) is 5.82 Å². The van der Waals surface area contributed by atoms with Gasteiger partial charge in [-0.15, -0.1) is 0 Å². The molecule has 2 heteroatoms. The molecule has 8 aromatic carbocycles. The molecule has 0 radical (unpaired) electrons. The summed E-state index contributed by atoms with van der Waals surface area (Å²) in [6.45, 7) is 2.19. The van der Waals surface area contributed by atoms with E-state index in [9.17, 15) is 0 Å². The van der Waals surface area contributed by atoms with Crippen LogP contribution in [0.2, 0.25) is 0 Å². The van der Waals surface area contributed by atoms with Crippen LogP contribution in [0.5, 0.6) is 0 Å². The van der Waals surface area contributed by atoms with E-state index in [1.807, 2.05) is 0 Å². The molecule has 0 bridgehead atoms. The van der Waals surface area contributed by atoms with Gasteiger partial charge >= 0.3 is 0 Å². The van der Waals surface area contributed by atoms with Crippen molar-refractivity contribution in [2.24, 2.45) is 0 Å². The minimum absolute atomic E-state index is 0.947. The van der Waals surface area contributed by atoms with Crippen molar-refractivity contribution in [1.29, 1.82) is 0 Å². The third-order valence-corrected chi connectivity index (χ3v) is 9.52. The SMILES string of the molecule is CCc1ccc2c(c1)nc(-c1cccc(-c3c4ccccc4c(-c4ccc5ccccc5c4)c4ccccc34)c1)n2-c1ccccc1. The van der Waals surface area contributed by atoms with Gasteiger partial charge in [-0.3, -0.25) is 4.57 Å². The van der Waals surface area contributed by atoms with Crippen molar-refractivity contribution in [3.05, 3.63) is 169 Å².